The molecule has 0 aliphatic heterocycles. The molecule has 0 aromatic heterocycles. The van der Waals surface area contributed by atoms with Crippen molar-refractivity contribution >= 4 is 21.5 Å². The summed E-state index contributed by atoms with van der Waals surface area (Å²) in [5.74, 6) is -0.834. The molecule has 2 aromatic carbocycles. The maximum absolute atomic E-state index is 12.0. The van der Waals surface area contributed by atoms with E-state index in [0.717, 1.165) is 36.4 Å². The van der Waals surface area contributed by atoms with Crippen molar-refractivity contribution in [1.29, 1.82) is 0 Å². The molecule has 0 aliphatic rings. The number of nitro benzene ring substituents is 2. The summed E-state index contributed by atoms with van der Waals surface area (Å²) in [4.78, 5) is 19.4. The van der Waals surface area contributed by atoms with Gasteiger partial charge in [-0.25, -0.2) is 0 Å². The van der Waals surface area contributed by atoms with Gasteiger partial charge in [0.25, 0.3) is 5.69 Å². The van der Waals surface area contributed by atoms with Crippen molar-refractivity contribution < 1.29 is 27.6 Å². The highest BCUT2D eigenvalue weighted by atomic mass is 32.2. The molecule has 10 nitrogen and oxygen atoms in total. The Morgan fingerprint density at radius 2 is 1.57 bits per heavy atom. The Morgan fingerprint density at radius 1 is 0.957 bits per heavy atom. The van der Waals surface area contributed by atoms with Gasteiger partial charge in [-0.15, -0.1) is 0 Å². The molecule has 0 fully saturated rings. The molecular formula is C12H8N2O8S. The molecule has 2 aromatic rings. The maximum atomic E-state index is 12.0. The fourth-order valence-electron chi connectivity index (χ4n) is 1.61. The topological polar surface area (TPSA) is 150 Å². The molecule has 2 rings (SSSR count). The molecule has 11 heteroatoms. The number of benzene rings is 2. The molecule has 0 atom stereocenters. The number of rotatable bonds is 5. The molecule has 0 spiro atoms. The van der Waals surface area contributed by atoms with E-state index in [2.05, 4.69) is 4.18 Å². The van der Waals surface area contributed by atoms with Gasteiger partial charge < -0.3 is 9.29 Å². The van der Waals surface area contributed by atoms with E-state index in [0.29, 0.717) is 6.07 Å². The summed E-state index contributed by atoms with van der Waals surface area (Å²) in [5.41, 5.74) is -1.44. The second-order valence-electron chi connectivity index (χ2n) is 4.20. The first kappa shape index (κ1) is 16.2. The monoisotopic (exact) mass is 340 g/mol. The first-order valence-corrected chi connectivity index (χ1v) is 7.28. The highest BCUT2D eigenvalue weighted by Crippen LogP contribution is 2.33. The number of hydrogen-bond acceptors (Lipinski definition) is 8. The Kier molecular flexibility index (Phi) is 4.14. The maximum Gasteiger partial charge on any atom is 0.339 e. The molecule has 0 aliphatic carbocycles. The molecule has 23 heavy (non-hydrogen) atoms. The summed E-state index contributed by atoms with van der Waals surface area (Å²) < 4.78 is 28.8. The van der Waals surface area contributed by atoms with Gasteiger partial charge in [0.1, 0.15) is 10.6 Å². The minimum Gasteiger partial charge on any atom is -0.508 e. The Hall–Kier alpha value is -3.21. The number of aromatic hydroxyl groups is 1. The highest BCUT2D eigenvalue weighted by molar-refractivity contribution is 7.87. The van der Waals surface area contributed by atoms with Crippen molar-refractivity contribution in [3.63, 3.8) is 0 Å². The average molecular weight is 340 g/mol. The molecular weight excluding hydrogens is 332 g/mol. The first-order valence-electron chi connectivity index (χ1n) is 5.87. The van der Waals surface area contributed by atoms with E-state index in [4.69, 9.17) is 5.11 Å². The number of phenolic OH excluding ortho intramolecular Hbond substituents is 1. The molecule has 0 saturated heterocycles. The lowest BCUT2D eigenvalue weighted by atomic mass is 10.2. The second-order valence-corrected chi connectivity index (χ2v) is 5.74. The fourth-order valence-corrected chi connectivity index (χ4v) is 2.55. The Morgan fingerprint density at radius 3 is 2.09 bits per heavy atom. The molecule has 0 unspecified atom stereocenters. The standard InChI is InChI=1S/C12H8N2O8S/c15-9-2-4-10(5-3-9)23(20,21)22-12-6-1-8(13(16)17)7-11(12)14(18)19/h1-7,15H. The highest BCUT2D eigenvalue weighted by Gasteiger charge is 2.26. The van der Waals surface area contributed by atoms with Crippen LogP contribution in [-0.4, -0.2) is 23.4 Å². The summed E-state index contributed by atoms with van der Waals surface area (Å²) in [6.07, 6.45) is 0. The molecule has 0 heterocycles. The molecule has 0 amide bonds. The predicted octanol–water partition coefficient (Wildman–Crippen LogP) is 1.98. The van der Waals surface area contributed by atoms with Crippen LogP contribution in [0.4, 0.5) is 11.4 Å². The van der Waals surface area contributed by atoms with Gasteiger partial charge in [0.05, 0.1) is 15.9 Å². The van der Waals surface area contributed by atoms with E-state index in [9.17, 15) is 28.6 Å². The van der Waals surface area contributed by atoms with Gasteiger partial charge in [-0.3, -0.25) is 20.2 Å². The molecule has 120 valence electrons. The third-order valence-electron chi connectivity index (χ3n) is 2.67. The Labute approximate surface area is 129 Å². The van der Waals surface area contributed by atoms with Crippen molar-refractivity contribution in [1.82, 2.24) is 0 Å². The average Bonchev–Trinajstić information content (AvgIpc) is 2.47. The molecule has 0 radical (unpaired) electrons. The zero-order valence-corrected chi connectivity index (χ0v) is 12.0. The van der Waals surface area contributed by atoms with Gasteiger partial charge >= 0.3 is 15.8 Å². The van der Waals surface area contributed by atoms with E-state index < -0.39 is 37.1 Å². The van der Waals surface area contributed by atoms with Crippen molar-refractivity contribution in [2.45, 2.75) is 4.90 Å². The van der Waals surface area contributed by atoms with Crippen LogP contribution in [0.5, 0.6) is 11.5 Å². The second kappa shape index (κ2) is 5.88. The van der Waals surface area contributed by atoms with E-state index in [1.165, 1.54) is 0 Å². The molecule has 1 N–H and O–H groups in total. The third kappa shape index (κ3) is 3.52. The fraction of sp³-hybridized carbons (Fsp3) is 0. The zero-order valence-electron chi connectivity index (χ0n) is 11.1. The van der Waals surface area contributed by atoms with Gasteiger partial charge in [0, 0.05) is 6.07 Å². The predicted molar refractivity (Wildman–Crippen MR) is 75.7 cm³/mol. The number of hydrogen-bond donors (Lipinski definition) is 1. The quantitative estimate of drug-likeness (QED) is 0.493. The van der Waals surface area contributed by atoms with Gasteiger partial charge in [-0.05, 0) is 30.3 Å². The number of non-ortho nitro benzene ring substituents is 1. The summed E-state index contributed by atoms with van der Waals surface area (Å²) in [7, 11) is -4.40. The van der Waals surface area contributed by atoms with E-state index in [1.54, 1.807) is 0 Å². The Balaban J connectivity index is 2.44. The van der Waals surface area contributed by atoms with Crippen molar-refractivity contribution in [3.8, 4) is 11.5 Å². The smallest absolute Gasteiger partial charge is 0.339 e. The van der Waals surface area contributed by atoms with Crippen molar-refractivity contribution in [3.05, 3.63) is 62.7 Å². The van der Waals surface area contributed by atoms with Gasteiger partial charge in [0.15, 0.2) is 0 Å². The van der Waals surface area contributed by atoms with E-state index in [1.807, 2.05) is 0 Å². The number of nitro groups is 2. The Bertz CT molecular complexity index is 876. The van der Waals surface area contributed by atoms with E-state index >= 15 is 0 Å². The van der Waals surface area contributed by atoms with E-state index in [-0.39, 0.29) is 10.6 Å². The lowest BCUT2D eigenvalue weighted by molar-refractivity contribution is -0.394. The summed E-state index contributed by atoms with van der Waals surface area (Å²) in [6, 6.07) is 6.59. The van der Waals surface area contributed by atoms with Gasteiger partial charge in [-0.2, -0.15) is 8.42 Å². The van der Waals surface area contributed by atoms with Crippen LogP contribution in [0.3, 0.4) is 0 Å². The number of nitrogens with zero attached hydrogens (tertiary/aromatic N) is 2. The third-order valence-corrected chi connectivity index (χ3v) is 3.92. The van der Waals surface area contributed by atoms with Crippen LogP contribution in [0.2, 0.25) is 0 Å². The van der Waals surface area contributed by atoms with Crippen LogP contribution in [0, 0.1) is 20.2 Å². The van der Waals surface area contributed by atoms with Crippen LogP contribution in [-0.2, 0) is 10.1 Å². The summed E-state index contributed by atoms with van der Waals surface area (Å²) in [6.45, 7) is 0. The van der Waals surface area contributed by atoms with Crippen LogP contribution < -0.4 is 4.18 Å². The first-order chi connectivity index (χ1) is 10.7. The largest absolute Gasteiger partial charge is 0.508 e. The van der Waals surface area contributed by atoms with Crippen molar-refractivity contribution in [2.24, 2.45) is 0 Å². The summed E-state index contributed by atoms with van der Waals surface area (Å²) >= 11 is 0. The minimum absolute atomic E-state index is 0.176. The number of phenols is 1. The van der Waals surface area contributed by atoms with Gasteiger partial charge in [0.2, 0.25) is 5.75 Å². The lowest BCUT2D eigenvalue weighted by Gasteiger charge is -2.07. The van der Waals surface area contributed by atoms with Crippen LogP contribution in [0.15, 0.2) is 47.4 Å². The zero-order chi connectivity index (χ0) is 17.2. The van der Waals surface area contributed by atoms with Gasteiger partial charge in [-0.1, -0.05) is 0 Å². The SMILES string of the molecule is O=[N+]([O-])c1ccc(OS(=O)(=O)c2ccc(O)cc2)c([N+](=O)[O-])c1. The normalized spacial score (nSPS) is 11.0. The molecule has 0 bridgehead atoms. The lowest BCUT2D eigenvalue weighted by Crippen LogP contribution is -2.10. The van der Waals surface area contributed by atoms with Crippen LogP contribution in [0.1, 0.15) is 0 Å². The van der Waals surface area contributed by atoms with Crippen LogP contribution >= 0.6 is 0 Å². The molecule has 0 saturated carbocycles. The van der Waals surface area contributed by atoms with Crippen molar-refractivity contribution in [2.75, 3.05) is 0 Å². The van der Waals surface area contributed by atoms with Crippen LogP contribution in [0.25, 0.3) is 0 Å². The minimum atomic E-state index is -4.40. The summed E-state index contributed by atoms with van der Waals surface area (Å²) in [5, 5.41) is 30.7.